The summed E-state index contributed by atoms with van der Waals surface area (Å²) in [5.74, 6) is -1.70. The van der Waals surface area contributed by atoms with Crippen LogP contribution < -0.4 is 0 Å². The van der Waals surface area contributed by atoms with Gasteiger partial charge in [-0.15, -0.1) is 0 Å². The van der Waals surface area contributed by atoms with Gasteiger partial charge in [0, 0.05) is 26.6 Å². The molecule has 1 fully saturated rings. The molecular formula is C10H17NO5. The molecule has 6 heteroatoms. The van der Waals surface area contributed by atoms with E-state index in [1.165, 1.54) is 12.0 Å². The summed E-state index contributed by atoms with van der Waals surface area (Å²) in [5, 5.41) is 18.2. The molecule has 1 aliphatic heterocycles. The summed E-state index contributed by atoms with van der Waals surface area (Å²) in [5.41, 5.74) is 0. The van der Waals surface area contributed by atoms with Crippen LogP contribution in [-0.2, 0) is 14.3 Å². The van der Waals surface area contributed by atoms with Crippen LogP contribution >= 0.6 is 0 Å². The summed E-state index contributed by atoms with van der Waals surface area (Å²) >= 11 is 0. The van der Waals surface area contributed by atoms with E-state index in [1.54, 1.807) is 0 Å². The van der Waals surface area contributed by atoms with E-state index >= 15 is 0 Å². The summed E-state index contributed by atoms with van der Waals surface area (Å²) in [4.78, 5) is 23.6. The SMILES string of the molecule is COCC(O)CCN1CC(C(=O)O)CC1=O. The molecule has 1 aliphatic rings. The van der Waals surface area contributed by atoms with Crippen molar-refractivity contribution in [1.82, 2.24) is 4.90 Å². The zero-order valence-corrected chi connectivity index (χ0v) is 9.26. The van der Waals surface area contributed by atoms with Crippen LogP contribution in [0.3, 0.4) is 0 Å². The lowest BCUT2D eigenvalue weighted by Gasteiger charge is -2.17. The second-order valence-electron chi connectivity index (χ2n) is 3.98. The number of rotatable bonds is 6. The van der Waals surface area contributed by atoms with Gasteiger partial charge in [-0.05, 0) is 6.42 Å². The molecule has 1 amide bonds. The van der Waals surface area contributed by atoms with Gasteiger partial charge in [-0.2, -0.15) is 0 Å². The Morgan fingerprint density at radius 3 is 2.88 bits per heavy atom. The second kappa shape index (κ2) is 5.81. The lowest BCUT2D eigenvalue weighted by Crippen LogP contribution is -2.30. The van der Waals surface area contributed by atoms with Crippen molar-refractivity contribution in [1.29, 1.82) is 0 Å². The van der Waals surface area contributed by atoms with Gasteiger partial charge in [-0.25, -0.2) is 0 Å². The van der Waals surface area contributed by atoms with Crippen molar-refractivity contribution in [2.45, 2.75) is 18.9 Å². The molecule has 0 aromatic rings. The van der Waals surface area contributed by atoms with E-state index in [9.17, 15) is 14.7 Å². The predicted octanol–water partition coefficient (Wildman–Crippen LogP) is -0.683. The molecule has 2 N–H and O–H groups in total. The molecule has 16 heavy (non-hydrogen) atoms. The summed E-state index contributed by atoms with van der Waals surface area (Å²) in [6, 6.07) is 0. The van der Waals surface area contributed by atoms with E-state index < -0.39 is 18.0 Å². The van der Waals surface area contributed by atoms with Crippen molar-refractivity contribution in [2.24, 2.45) is 5.92 Å². The number of likely N-dealkylation sites (tertiary alicyclic amines) is 1. The maximum absolute atomic E-state index is 11.4. The average molecular weight is 231 g/mol. The van der Waals surface area contributed by atoms with Crippen LogP contribution in [0.2, 0.25) is 0 Å². The van der Waals surface area contributed by atoms with Crippen LogP contribution in [0.25, 0.3) is 0 Å². The highest BCUT2D eigenvalue weighted by molar-refractivity contribution is 5.86. The number of carbonyl (C=O) groups excluding carboxylic acids is 1. The summed E-state index contributed by atoms with van der Waals surface area (Å²) in [6.07, 6.45) is -0.136. The fraction of sp³-hybridized carbons (Fsp3) is 0.800. The minimum Gasteiger partial charge on any atom is -0.481 e. The van der Waals surface area contributed by atoms with Crippen LogP contribution in [0.1, 0.15) is 12.8 Å². The maximum Gasteiger partial charge on any atom is 0.308 e. The number of ether oxygens (including phenoxy) is 1. The number of aliphatic carboxylic acids is 1. The van der Waals surface area contributed by atoms with Gasteiger partial charge in [-0.1, -0.05) is 0 Å². The molecule has 1 saturated heterocycles. The Kier molecular flexibility index (Phi) is 4.70. The van der Waals surface area contributed by atoms with Gasteiger partial charge >= 0.3 is 5.97 Å². The van der Waals surface area contributed by atoms with Gasteiger partial charge in [0.2, 0.25) is 5.91 Å². The van der Waals surface area contributed by atoms with Crippen molar-refractivity contribution >= 4 is 11.9 Å². The monoisotopic (exact) mass is 231 g/mol. The third kappa shape index (κ3) is 3.46. The van der Waals surface area contributed by atoms with Gasteiger partial charge in [0.15, 0.2) is 0 Å². The number of amides is 1. The summed E-state index contributed by atoms with van der Waals surface area (Å²) < 4.78 is 4.76. The first-order chi connectivity index (χ1) is 7.54. The van der Waals surface area contributed by atoms with Crippen molar-refractivity contribution in [2.75, 3.05) is 26.8 Å². The number of nitrogens with zero attached hydrogens (tertiary/aromatic N) is 1. The highest BCUT2D eigenvalue weighted by atomic mass is 16.5. The van der Waals surface area contributed by atoms with E-state index in [0.717, 1.165) is 0 Å². The fourth-order valence-corrected chi connectivity index (χ4v) is 1.73. The van der Waals surface area contributed by atoms with Crippen LogP contribution in [0.5, 0.6) is 0 Å². The minimum atomic E-state index is -0.937. The largest absolute Gasteiger partial charge is 0.481 e. The van der Waals surface area contributed by atoms with E-state index in [2.05, 4.69) is 0 Å². The molecule has 1 heterocycles. The van der Waals surface area contributed by atoms with E-state index in [1.807, 2.05) is 0 Å². The van der Waals surface area contributed by atoms with E-state index in [4.69, 9.17) is 9.84 Å². The van der Waals surface area contributed by atoms with Gasteiger partial charge in [-0.3, -0.25) is 9.59 Å². The predicted molar refractivity (Wildman–Crippen MR) is 54.8 cm³/mol. The van der Waals surface area contributed by atoms with Gasteiger partial charge in [0.05, 0.1) is 18.6 Å². The Balaban J connectivity index is 2.33. The summed E-state index contributed by atoms with van der Waals surface area (Å²) in [6.45, 7) is 0.853. The quantitative estimate of drug-likeness (QED) is 0.632. The van der Waals surface area contributed by atoms with Crippen molar-refractivity contribution in [3.8, 4) is 0 Å². The molecule has 0 radical (unpaired) electrons. The van der Waals surface area contributed by atoms with Crippen LogP contribution in [0.15, 0.2) is 0 Å². The molecule has 0 bridgehead atoms. The number of carboxylic acids is 1. The average Bonchev–Trinajstić information content (AvgIpc) is 2.58. The Hall–Kier alpha value is -1.14. The topological polar surface area (TPSA) is 87.1 Å². The Labute approximate surface area is 93.8 Å². The lowest BCUT2D eigenvalue weighted by atomic mass is 10.1. The molecule has 0 aromatic heterocycles. The van der Waals surface area contributed by atoms with E-state index in [0.29, 0.717) is 13.0 Å². The van der Waals surface area contributed by atoms with Crippen molar-refractivity contribution < 1.29 is 24.5 Å². The normalized spacial score (nSPS) is 22.5. The second-order valence-corrected chi connectivity index (χ2v) is 3.98. The zero-order chi connectivity index (χ0) is 12.1. The first kappa shape index (κ1) is 12.9. The van der Waals surface area contributed by atoms with Crippen molar-refractivity contribution in [3.63, 3.8) is 0 Å². The molecule has 0 aliphatic carbocycles. The Bertz CT molecular complexity index is 268. The molecule has 6 nitrogen and oxygen atoms in total. The van der Waals surface area contributed by atoms with Crippen LogP contribution in [0, 0.1) is 5.92 Å². The maximum atomic E-state index is 11.4. The third-order valence-corrected chi connectivity index (χ3v) is 2.66. The van der Waals surface area contributed by atoms with Crippen LogP contribution in [0.4, 0.5) is 0 Å². The molecule has 0 spiro atoms. The number of methoxy groups -OCH3 is 1. The van der Waals surface area contributed by atoms with Gasteiger partial charge < -0.3 is 19.8 Å². The summed E-state index contributed by atoms with van der Waals surface area (Å²) in [7, 11) is 1.49. The first-order valence-corrected chi connectivity index (χ1v) is 5.22. The molecule has 0 saturated carbocycles. The third-order valence-electron chi connectivity index (χ3n) is 2.66. The smallest absolute Gasteiger partial charge is 0.308 e. The first-order valence-electron chi connectivity index (χ1n) is 5.22. The zero-order valence-electron chi connectivity index (χ0n) is 9.26. The number of carboxylic acid groups (broad SMARTS) is 1. The van der Waals surface area contributed by atoms with E-state index in [-0.39, 0.29) is 25.5 Å². The molecule has 2 atom stereocenters. The number of aliphatic hydroxyl groups excluding tert-OH is 1. The molecule has 2 unspecified atom stereocenters. The highest BCUT2D eigenvalue weighted by Crippen LogP contribution is 2.18. The number of aliphatic hydroxyl groups is 1. The Morgan fingerprint density at radius 1 is 1.69 bits per heavy atom. The molecular weight excluding hydrogens is 214 g/mol. The molecule has 0 aromatic carbocycles. The minimum absolute atomic E-state index is 0.0652. The van der Waals surface area contributed by atoms with Gasteiger partial charge in [0.1, 0.15) is 0 Å². The lowest BCUT2D eigenvalue weighted by molar-refractivity contribution is -0.141. The number of hydrogen-bond donors (Lipinski definition) is 2. The Morgan fingerprint density at radius 2 is 2.38 bits per heavy atom. The van der Waals surface area contributed by atoms with Gasteiger partial charge in [0.25, 0.3) is 0 Å². The fourth-order valence-electron chi connectivity index (χ4n) is 1.73. The highest BCUT2D eigenvalue weighted by Gasteiger charge is 2.33. The number of hydrogen-bond acceptors (Lipinski definition) is 4. The van der Waals surface area contributed by atoms with Crippen molar-refractivity contribution in [3.05, 3.63) is 0 Å². The molecule has 92 valence electrons. The van der Waals surface area contributed by atoms with Crippen LogP contribution in [-0.4, -0.2) is 59.9 Å². The number of carbonyl (C=O) groups is 2. The molecule has 1 rings (SSSR count). The standard InChI is InChI=1S/C10H17NO5/c1-16-6-8(12)2-3-11-5-7(10(14)15)4-9(11)13/h7-8,12H,2-6H2,1H3,(H,14,15).